The third-order valence-electron chi connectivity index (χ3n) is 3.47. The molecule has 2 heterocycles. The molecular weight excluding hydrogens is 294 g/mol. The number of rotatable bonds is 4. The fraction of sp³-hybridized carbons (Fsp3) is 0.176. The third kappa shape index (κ3) is 2.96. The van der Waals surface area contributed by atoms with Gasteiger partial charge in [0.1, 0.15) is 13.2 Å². The topological polar surface area (TPSA) is 69.4 Å². The van der Waals surface area contributed by atoms with E-state index in [-0.39, 0.29) is 0 Å². The van der Waals surface area contributed by atoms with Crippen molar-refractivity contribution < 1.29 is 13.9 Å². The van der Waals surface area contributed by atoms with Crippen LogP contribution < -0.4 is 14.8 Å². The molecule has 1 aromatic heterocycles. The Morgan fingerprint density at radius 1 is 0.913 bits per heavy atom. The van der Waals surface area contributed by atoms with E-state index in [0.717, 1.165) is 22.7 Å². The highest BCUT2D eigenvalue weighted by molar-refractivity contribution is 5.55. The third-order valence-corrected chi connectivity index (χ3v) is 3.47. The summed E-state index contributed by atoms with van der Waals surface area (Å²) in [4.78, 5) is 0. The fourth-order valence-electron chi connectivity index (χ4n) is 2.35. The molecule has 4 rings (SSSR count). The molecule has 6 heteroatoms. The summed E-state index contributed by atoms with van der Waals surface area (Å²) in [6.07, 6.45) is 0. The van der Waals surface area contributed by atoms with Gasteiger partial charge in [-0.15, -0.1) is 10.2 Å². The SMILES string of the molecule is c1ccc(-c2nnc(CNc3ccc4c(c3)OCCO4)o2)cc1. The summed E-state index contributed by atoms with van der Waals surface area (Å²) in [5.41, 5.74) is 1.82. The van der Waals surface area contributed by atoms with Crippen molar-refractivity contribution >= 4 is 5.69 Å². The summed E-state index contributed by atoms with van der Waals surface area (Å²) in [6, 6.07) is 15.4. The average molecular weight is 309 g/mol. The van der Waals surface area contributed by atoms with Crippen LogP contribution in [-0.4, -0.2) is 23.4 Å². The predicted octanol–water partition coefficient (Wildman–Crippen LogP) is 3.12. The first-order valence-electron chi connectivity index (χ1n) is 7.40. The van der Waals surface area contributed by atoms with E-state index in [1.54, 1.807) is 0 Å². The molecular formula is C17H15N3O3. The molecule has 0 bridgehead atoms. The number of benzene rings is 2. The van der Waals surface area contributed by atoms with Crippen molar-refractivity contribution in [2.24, 2.45) is 0 Å². The van der Waals surface area contributed by atoms with E-state index in [0.29, 0.717) is 31.5 Å². The maximum Gasteiger partial charge on any atom is 0.247 e. The summed E-state index contributed by atoms with van der Waals surface area (Å²) in [5.74, 6) is 2.56. The predicted molar refractivity (Wildman–Crippen MR) is 84.5 cm³/mol. The van der Waals surface area contributed by atoms with Crippen LogP contribution in [0.25, 0.3) is 11.5 Å². The molecule has 1 aliphatic rings. The van der Waals surface area contributed by atoms with Gasteiger partial charge in [-0.3, -0.25) is 0 Å². The van der Waals surface area contributed by atoms with Crippen molar-refractivity contribution in [1.82, 2.24) is 10.2 Å². The lowest BCUT2D eigenvalue weighted by atomic mass is 10.2. The average Bonchev–Trinajstić information content (AvgIpc) is 3.10. The minimum absolute atomic E-state index is 0.444. The van der Waals surface area contributed by atoms with Gasteiger partial charge in [-0.2, -0.15) is 0 Å². The molecule has 0 saturated heterocycles. The fourth-order valence-corrected chi connectivity index (χ4v) is 2.35. The molecule has 0 aliphatic carbocycles. The number of aromatic nitrogens is 2. The van der Waals surface area contributed by atoms with E-state index < -0.39 is 0 Å². The van der Waals surface area contributed by atoms with Crippen molar-refractivity contribution in [3.05, 3.63) is 54.4 Å². The highest BCUT2D eigenvalue weighted by atomic mass is 16.6. The second-order valence-electron chi connectivity index (χ2n) is 5.08. The molecule has 1 aliphatic heterocycles. The summed E-state index contributed by atoms with van der Waals surface area (Å²) >= 11 is 0. The number of anilines is 1. The van der Waals surface area contributed by atoms with Crippen LogP contribution in [0.3, 0.4) is 0 Å². The Morgan fingerprint density at radius 3 is 2.61 bits per heavy atom. The molecule has 23 heavy (non-hydrogen) atoms. The summed E-state index contributed by atoms with van der Waals surface area (Å²) < 4.78 is 16.7. The first-order valence-corrected chi connectivity index (χ1v) is 7.40. The molecule has 0 unspecified atom stereocenters. The van der Waals surface area contributed by atoms with E-state index in [4.69, 9.17) is 13.9 Å². The van der Waals surface area contributed by atoms with Gasteiger partial charge in [0.15, 0.2) is 11.5 Å². The minimum Gasteiger partial charge on any atom is -0.486 e. The van der Waals surface area contributed by atoms with Crippen molar-refractivity contribution in [3.63, 3.8) is 0 Å². The molecule has 0 atom stereocenters. The van der Waals surface area contributed by atoms with Crippen molar-refractivity contribution in [2.45, 2.75) is 6.54 Å². The van der Waals surface area contributed by atoms with Crippen LogP contribution in [0.2, 0.25) is 0 Å². The number of nitrogens with zero attached hydrogens (tertiary/aromatic N) is 2. The zero-order valence-electron chi connectivity index (χ0n) is 12.4. The summed E-state index contributed by atoms with van der Waals surface area (Å²) in [7, 11) is 0. The van der Waals surface area contributed by atoms with E-state index in [1.165, 1.54) is 0 Å². The molecule has 0 saturated carbocycles. The molecule has 116 valence electrons. The number of ether oxygens (including phenoxy) is 2. The monoisotopic (exact) mass is 309 g/mol. The number of hydrogen-bond acceptors (Lipinski definition) is 6. The van der Waals surface area contributed by atoms with Gasteiger partial charge >= 0.3 is 0 Å². The number of fused-ring (bicyclic) bond motifs is 1. The largest absolute Gasteiger partial charge is 0.486 e. The lowest BCUT2D eigenvalue weighted by Gasteiger charge is -2.19. The van der Waals surface area contributed by atoms with Gasteiger partial charge in [-0.25, -0.2) is 0 Å². The van der Waals surface area contributed by atoms with Gasteiger partial charge in [0.2, 0.25) is 11.8 Å². The first kappa shape index (κ1) is 13.6. The Kier molecular flexibility index (Phi) is 3.56. The number of hydrogen-bond donors (Lipinski definition) is 1. The Balaban J connectivity index is 1.44. The van der Waals surface area contributed by atoms with Crippen LogP contribution in [0.15, 0.2) is 52.9 Å². The second-order valence-corrected chi connectivity index (χ2v) is 5.08. The molecule has 1 N–H and O–H groups in total. The van der Waals surface area contributed by atoms with E-state index in [2.05, 4.69) is 15.5 Å². The summed E-state index contributed by atoms with van der Waals surface area (Å²) in [5, 5.41) is 11.4. The maximum atomic E-state index is 5.66. The molecule has 0 radical (unpaired) electrons. The molecule has 0 amide bonds. The van der Waals surface area contributed by atoms with Crippen LogP contribution in [-0.2, 0) is 6.54 Å². The highest BCUT2D eigenvalue weighted by Crippen LogP contribution is 2.32. The molecule has 0 fully saturated rings. The first-order chi connectivity index (χ1) is 11.4. The number of nitrogens with one attached hydrogen (secondary N) is 1. The van der Waals surface area contributed by atoms with Gasteiger partial charge in [0, 0.05) is 17.3 Å². The normalized spacial score (nSPS) is 12.9. The molecule has 6 nitrogen and oxygen atoms in total. The minimum atomic E-state index is 0.444. The lowest BCUT2D eigenvalue weighted by Crippen LogP contribution is -2.15. The van der Waals surface area contributed by atoms with E-state index >= 15 is 0 Å². The standard InChI is InChI=1S/C17H15N3O3/c1-2-4-12(5-3-1)17-20-19-16(23-17)11-18-13-6-7-14-15(10-13)22-9-8-21-14/h1-7,10,18H,8-9,11H2. The summed E-state index contributed by atoms with van der Waals surface area (Å²) in [6.45, 7) is 1.60. The highest BCUT2D eigenvalue weighted by Gasteiger charge is 2.12. The lowest BCUT2D eigenvalue weighted by molar-refractivity contribution is 0.171. The van der Waals surface area contributed by atoms with Gasteiger partial charge in [-0.1, -0.05) is 18.2 Å². The van der Waals surface area contributed by atoms with Gasteiger partial charge < -0.3 is 19.2 Å². The van der Waals surface area contributed by atoms with Gasteiger partial charge in [0.05, 0.1) is 6.54 Å². The van der Waals surface area contributed by atoms with Crippen molar-refractivity contribution in [3.8, 4) is 23.0 Å². The van der Waals surface area contributed by atoms with Crippen LogP contribution in [0.1, 0.15) is 5.89 Å². The van der Waals surface area contributed by atoms with E-state index in [9.17, 15) is 0 Å². The molecule has 3 aromatic rings. The van der Waals surface area contributed by atoms with Crippen molar-refractivity contribution in [1.29, 1.82) is 0 Å². The second kappa shape index (κ2) is 6.00. The Morgan fingerprint density at radius 2 is 1.74 bits per heavy atom. The van der Waals surface area contributed by atoms with Gasteiger partial charge in [-0.05, 0) is 24.3 Å². The smallest absolute Gasteiger partial charge is 0.247 e. The Hall–Kier alpha value is -3.02. The Labute approximate surface area is 133 Å². The van der Waals surface area contributed by atoms with Crippen LogP contribution in [0.5, 0.6) is 11.5 Å². The zero-order valence-corrected chi connectivity index (χ0v) is 12.4. The van der Waals surface area contributed by atoms with Crippen LogP contribution in [0, 0.1) is 0 Å². The van der Waals surface area contributed by atoms with Crippen molar-refractivity contribution in [2.75, 3.05) is 18.5 Å². The molecule has 2 aromatic carbocycles. The quantitative estimate of drug-likeness (QED) is 0.798. The van der Waals surface area contributed by atoms with Crippen LogP contribution >= 0.6 is 0 Å². The van der Waals surface area contributed by atoms with Gasteiger partial charge in [0.25, 0.3) is 0 Å². The zero-order chi connectivity index (χ0) is 15.5. The van der Waals surface area contributed by atoms with Crippen LogP contribution in [0.4, 0.5) is 5.69 Å². The van der Waals surface area contributed by atoms with E-state index in [1.807, 2.05) is 48.5 Å². The molecule has 0 spiro atoms. The Bertz CT molecular complexity index is 802. The maximum absolute atomic E-state index is 5.66.